The molecule has 1 aromatic heterocycles. The third-order valence-electron chi connectivity index (χ3n) is 2.84. The number of carbonyl (C=O) groups excluding carboxylic acids is 1. The zero-order valence-electron chi connectivity index (χ0n) is 9.83. The second kappa shape index (κ2) is 4.40. The highest BCUT2D eigenvalue weighted by Gasteiger charge is 2.13. The normalized spacial score (nSPS) is 10.7. The van der Waals surface area contributed by atoms with E-state index < -0.39 is 0 Å². The van der Waals surface area contributed by atoms with Gasteiger partial charge in [-0.3, -0.25) is 4.79 Å². The van der Waals surface area contributed by atoms with E-state index in [1.807, 2.05) is 0 Å². The second-order valence-corrected chi connectivity index (χ2v) is 5.30. The van der Waals surface area contributed by atoms with E-state index >= 15 is 0 Å². The fourth-order valence-corrected chi connectivity index (χ4v) is 2.98. The summed E-state index contributed by atoms with van der Waals surface area (Å²) in [5, 5.41) is 19.7. The quantitative estimate of drug-likeness (QED) is 0.700. The lowest BCUT2D eigenvalue weighted by Crippen LogP contribution is -1.97. The molecule has 2 N–H and O–H groups in total. The van der Waals surface area contributed by atoms with Crippen LogP contribution in [0.4, 0.5) is 0 Å². The fraction of sp³-hybridized carbons (Fsp3) is 0. The summed E-state index contributed by atoms with van der Waals surface area (Å²) < 4.78 is 0.864. The number of ketones is 1. The maximum Gasteiger partial charge on any atom is 0.203 e. The molecule has 3 nitrogen and oxygen atoms in total. The molecule has 0 fully saturated rings. The molecule has 0 aliphatic heterocycles. The number of thiophene rings is 1. The maximum absolute atomic E-state index is 12.3. The Balaban J connectivity index is 2.06. The van der Waals surface area contributed by atoms with Crippen LogP contribution in [0.2, 0.25) is 0 Å². The molecule has 1 heterocycles. The van der Waals surface area contributed by atoms with Crippen LogP contribution < -0.4 is 0 Å². The van der Waals surface area contributed by atoms with Crippen LogP contribution in [0.1, 0.15) is 15.2 Å². The Morgan fingerprint density at radius 2 is 1.74 bits per heavy atom. The van der Waals surface area contributed by atoms with Crippen LogP contribution in [0.3, 0.4) is 0 Å². The summed E-state index contributed by atoms with van der Waals surface area (Å²) in [6.45, 7) is 0. The van der Waals surface area contributed by atoms with Crippen molar-refractivity contribution in [2.24, 2.45) is 0 Å². The van der Waals surface area contributed by atoms with Crippen LogP contribution in [0.5, 0.6) is 11.5 Å². The van der Waals surface area contributed by atoms with Gasteiger partial charge < -0.3 is 10.2 Å². The molecule has 0 saturated heterocycles. The summed E-state index contributed by atoms with van der Waals surface area (Å²) in [5.74, 6) is 0.131. The molecule has 3 rings (SSSR count). The van der Waals surface area contributed by atoms with Crippen molar-refractivity contribution in [1.82, 2.24) is 0 Å². The second-order valence-electron chi connectivity index (χ2n) is 4.21. The van der Waals surface area contributed by atoms with Crippen molar-refractivity contribution in [3.63, 3.8) is 0 Å². The molecule has 3 aromatic rings. The number of phenols is 2. The van der Waals surface area contributed by atoms with Gasteiger partial charge in [0.15, 0.2) is 0 Å². The Morgan fingerprint density at radius 3 is 2.53 bits per heavy atom. The number of hydrogen-bond acceptors (Lipinski definition) is 4. The number of rotatable bonds is 2. The minimum atomic E-state index is -0.128. The molecule has 0 amide bonds. The molecule has 0 aliphatic rings. The number of fused-ring (bicyclic) bond motifs is 1. The Morgan fingerprint density at radius 1 is 0.947 bits per heavy atom. The molecular formula is C15H10O3S. The fourth-order valence-electron chi connectivity index (χ4n) is 1.92. The average molecular weight is 270 g/mol. The standard InChI is InChI=1S/C15H10O3S/c16-11-3-1-2-10(6-11)15(18)14-7-9-4-5-12(17)8-13(9)19-14/h1-8,16-17H. The van der Waals surface area contributed by atoms with E-state index in [1.54, 1.807) is 36.4 Å². The highest BCUT2D eigenvalue weighted by molar-refractivity contribution is 7.21. The lowest BCUT2D eigenvalue weighted by molar-refractivity contribution is 0.104. The van der Waals surface area contributed by atoms with E-state index in [2.05, 4.69) is 0 Å². The molecule has 19 heavy (non-hydrogen) atoms. The summed E-state index contributed by atoms with van der Waals surface area (Å²) in [6.07, 6.45) is 0. The molecule has 0 aliphatic carbocycles. The third-order valence-corrected chi connectivity index (χ3v) is 3.93. The SMILES string of the molecule is O=C(c1cccc(O)c1)c1cc2ccc(O)cc2s1. The van der Waals surface area contributed by atoms with Crippen molar-refractivity contribution < 1.29 is 15.0 Å². The lowest BCUT2D eigenvalue weighted by Gasteiger charge is -1.98. The highest BCUT2D eigenvalue weighted by atomic mass is 32.1. The van der Waals surface area contributed by atoms with E-state index in [0.29, 0.717) is 10.4 Å². The maximum atomic E-state index is 12.3. The van der Waals surface area contributed by atoms with Crippen molar-refractivity contribution in [3.8, 4) is 11.5 Å². The Labute approximate surface area is 113 Å². The van der Waals surface area contributed by atoms with Gasteiger partial charge in [0.2, 0.25) is 5.78 Å². The molecule has 0 saturated carbocycles. The number of aromatic hydroxyl groups is 2. The molecule has 0 spiro atoms. The van der Waals surface area contributed by atoms with Gasteiger partial charge in [-0.25, -0.2) is 0 Å². The molecule has 0 atom stereocenters. The van der Waals surface area contributed by atoms with Gasteiger partial charge in [-0.05, 0) is 41.8 Å². The van der Waals surface area contributed by atoms with Crippen molar-refractivity contribution in [2.45, 2.75) is 0 Å². The predicted molar refractivity (Wildman–Crippen MR) is 75.0 cm³/mol. The Kier molecular flexibility index (Phi) is 2.72. The zero-order valence-corrected chi connectivity index (χ0v) is 10.6. The van der Waals surface area contributed by atoms with Crippen molar-refractivity contribution >= 4 is 27.2 Å². The van der Waals surface area contributed by atoms with E-state index in [9.17, 15) is 15.0 Å². The zero-order chi connectivity index (χ0) is 13.4. The summed E-state index contributed by atoms with van der Waals surface area (Å²) in [7, 11) is 0. The van der Waals surface area contributed by atoms with Gasteiger partial charge in [-0.2, -0.15) is 0 Å². The summed E-state index contributed by atoms with van der Waals surface area (Å²) in [6, 6.07) is 13.1. The van der Waals surface area contributed by atoms with Crippen molar-refractivity contribution in [3.05, 3.63) is 59.0 Å². The van der Waals surface area contributed by atoms with Gasteiger partial charge in [0, 0.05) is 10.3 Å². The molecule has 0 unspecified atom stereocenters. The highest BCUT2D eigenvalue weighted by Crippen LogP contribution is 2.30. The summed E-state index contributed by atoms with van der Waals surface area (Å²) in [5.41, 5.74) is 0.454. The van der Waals surface area contributed by atoms with Gasteiger partial charge in [0.25, 0.3) is 0 Å². The third kappa shape index (κ3) is 2.18. The van der Waals surface area contributed by atoms with Crippen LogP contribution in [-0.4, -0.2) is 16.0 Å². The number of phenolic OH excluding ortho intramolecular Hbond substituents is 2. The van der Waals surface area contributed by atoms with Crippen molar-refractivity contribution in [2.75, 3.05) is 0 Å². The molecule has 4 heteroatoms. The molecule has 0 bridgehead atoms. The van der Waals surface area contributed by atoms with Crippen LogP contribution in [-0.2, 0) is 0 Å². The van der Waals surface area contributed by atoms with Gasteiger partial charge in [0.05, 0.1) is 4.88 Å². The molecule has 94 valence electrons. The van der Waals surface area contributed by atoms with Crippen LogP contribution >= 0.6 is 11.3 Å². The van der Waals surface area contributed by atoms with Crippen LogP contribution in [0.15, 0.2) is 48.5 Å². The van der Waals surface area contributed by atoms with Gasteiger partial charge in [-0.1, -0.05) is 12.1 Å². The first-order valence-corrected chi connectivity index (χ1v) is 6.51. The minimum absolute atomic E-state index is 0.0737. The largest absolute Gasteiger partial charge is 0.508 e. The molecule has 0 radical (unpaired) electrons. The van der Waals surface area contributed by atoms with E-state index in [1.165, 1.54) is 23.5 Å². The van der Waals surface area contributed by atoms with Crippen LogP contribution in [0.25, 0.3) is 10.1 Å². The Hall–Kier alpha value is -2.33. The smallest absolute Gasteiger partial charge is 0.203 e. The topological polar surface area (TPSA) is 57.5 Å². The summed E-state index contributed by atoms with van der Waals surface area (Å²) in [4.78, 5) is 12.9. The number of hydrogen-bond donors (Lipinski definition) is 2. The number of carbonyl (C=O) groups is 1. The van der Waals surface area contributed by atoms with Crippen LogP contribution in [0, 0.1) is 0 Å². The van der Waals surface area contributed by atoms with Gasteiger partial charge >= 0.3 is 0 Å². The van der Waals surface area contributed by atoms with E-state index in [-0.39, 0.29) is 17.3 Å². The first kappa shape index (κ1) is 11.7. The minimum Gasteiger partial charge on any atom is -0.508 e. The summed E-state index contributed by atoms with van der Waals surface area (Å²) >= 11 is 1.33. The Bertz CT molecular complexity index is 774. The van der Waals surface area contributed by atoms with E-state index in [4.69, 9.17) is 0 Å². The van der Waals surface area contributed by atoms with Gasteiger partial charge in [-0.15, -0.1) is 11.3 Å². The average Bonchev–Trinajstić information content (AvgIpc) is 2.80. The first-order chi connectivity index (χ1) is 9.13. The lowest BCUT2D eigenvalue weighted by atomic mass is 10.1. The van der Waals surface area contributed by atoms with E-state index in [0.717, 1.165) is 10.1 Å². The van der Waals surface area contributed by atoms with Gasteiger partial charge in [0.1, 0.15) is 11.5 Å². The van der Waals surface area contributed by atoms with Crippen molar-refractivity contribution in [1.29, 1.82) is 0 Å². The molecular weight excluding hydrogens is 260 g/mol. The monoisotopic (exact) mass is 270 g/mol. The predicted octanol–water partition coefficient (Wildman–Crippen LogP) is 3.54. The molecule has 2 aromatic carbocycles. The first-order valence-electron chi connectivity index (χ1n) is 5.70. The number of benzene rings is 2.